The van der Waals surface area contributed by atoms with Crippen molar-refractivity contribution in [1.29, 1.82) is 5.26 Å². The number of hydrogen-bond donors (Lipinski definition) is 1. The van der Waals surface area contributed by atoms with Crippen LogP contribution >= 0.6 is 11.6 Å². The number of nitrogens with zero attached hydrogens (tertiary/aromatic N) is 1. The smallest absolute Gasteiger partial charge is 0.412 e. The standard InChI is InChI=1S/C15H19ClN2O2/c1-14(2,3)20-13(19)18-10-6-7-12(16)11(8-10)15(4,5)9-17/h6-8H,1-5H3,(H,18,19). The first-order valence-corrected chi connectivity index (χ1v) is 6.64. The van der Waals surface area contributed by atoms with E-state index in [1.807, 2.05) is 0 Å². The van der Waals surface area contributed by atoms with Crippen LogP contribution < -0.4 is 5.32 Å². The molecule has 1 N–H and O–H groups in total. The Balaban J connectivity index is 2.98. The van der Waals surface area contributed by atoms with Gasteiger partial charge in [-0.05, 0) is 58.4 Å². The van der Waals surface area contributed by atoms with Crippen LogP contribution in [0, 0.1) is 11.3 Å². The van der Waals surface area contributed by atoms with Crippen LogP contribution in [-0.2, 0) is 10.2 Å². The molecule has 0 saturated heterocycles. The van der Waals surface area contributed by atoms with E-state index < -0.39 is 17.1 Å². The minimum Gasteiger partial charge on any atom is -0.444 e. The number of anilines is 1. The average Bonchev–Trinajstić information content (AvgIpc) is 2.29. The fourth-order valence-electron chi connectivity index (χ4n) is 1.56. The molecule has 0 unspecified atom stereocenters. The molecule has 0 aliphatic carbocycles. The number of amides is 1. The molecule has 0 aliphatic rings. The van der Waals surface area contributed by atoms with E-state index in [4.69, 9.17) is 16.3 Å². The lowest BCUT2D eigenvalue weighted by Gasteiger charge is -2.21. The number of hydrogen-bond acceptors (Lipinski definition) is 3. The molecule has 0 saturated carbocycles. The van der Waals surface area contributed by atoms with Crippen LogP contribution in [0.2, 0.25) is 5.02 Å². The number of carbonyl (C=O) groups is 1. The van der Waals surface area contributed by atoms with Gasteiger partial charge in [-0.3, -0.25) is 5.32 Å². The number of benzene rings is 1. The second-order valence-electron chi connectivity index (χ2n) is 6.06. The van der Waals surface area contributed by atoms with Gasteiger partial charge in [-0.15, -0.1) is 0 Å². The number of nitrogens with one attached hydrogen (secondary N) is 1. The van der Waals surface area contributed by atoms with Crippen molar-refractivity contribution in [2.24, 2.45) is 0 Å². The van der Waals surface area contributed by atoms with Gasteiger partial charge in [0.15, 0.2) is 0 Å². The van der Waals surface area contributed by atoms with E-state index in [1.165, 1.54) is 0 Å². The van der Waals surface area contributed by atoms with Crippen LogP contribution in [0.3, 0.4) is 0 Å². The normalized spacial score (nSPS) is 11.7. The maximum atomic E-state index is 11.7. The van der Waals surface area contributed by atoms with Gasteiger partial charge in [-0.2, -0.15) is 5.26 Å². The number of rotatable bonds is 2. The highest BCUT2D eigenvalue weighted by molar-refractivity contribution is 6.31. The third kappa shape index (κ3) is 4.43. The quantitative estimate of drug-likeness (QED) is 0.874. The summed E-state index contributed by atoms with van der Waals surface area (Å²) in [5.41, 5.74) is -0.0919. The summed E-state index contributed by atoms with van der Waals surface area (Å²) in [6, 6.07) is 7.20. The van der Waals surface area contributed by atoms with E-state index in [9.17, 15) is 10.1 Å². The highest BCUT2D eigenvalue weighted by Crippen LogP contribution is 2.31. The number of carbonyl (C=O) groups excluding carboxylic acids is 1. The van der Waals surface area contributed by atoms with Crippen LogP contribution in [0.4, 0.5) is 10.5 Å². The third-order valence-electron chi connectivity index (χ3n) is 2.56. The Morgan fingerprint density at radius 1 is 1.30 bits per heavy atom. The summed E-state index contributed by atoms with van der Waals surface area (Å²) >= 11 is 6.11. The first-order valence-electron chi connectivity index (χ1n) is 6.26. The van der Waals surface area contributed by atoms with E-state index >= 15 is 0 Å². The summed E-state index contributed by atoms with van der Waals surface area (Å²) in [6.45, 7) is 8.91. The molecule has 0 aliphatic heterocycles. The summed E-state index contributed by atoms with van der Waals surface area (Å²) in [5.74, 6) is 0. The van der Waals surface area contributed by atoms with Gasteiger partial charge < -0.3 is 4.74 Å². The Kier molecular flexibility index (Phi) is 4.67. The first kappa shape index (κ1) is 16.3. The minimum atomic E-state index is -0.733. The Labute approximate surface area is 124 Å². The lowest BCUT2D eigenvalue weighted by Crippen LogP contribution is -2.27. The molecule has 0 fully saturated rings. The Bertz CT molecular complexity index is 554. The van der Waals surface area contributed by atoms with Crippen molar-refractivity contribution in [3.63, 3.8) is 0 Å². The monoisotopic (exact) mass is 294 g/mol. The SMILES string of the molecule is CC(C)(C)OC(=O)Nc1ccc(Cl)c(C(C)(C)C#N)c1. The lowest BCUT2D eigenvalue weighted by atomic mass is 9.86. The summed E-state index contributed by atoms with van der Waals surface area (Å²) < 4.78 is 5.18. The summed E-state index contributed by atoms with van der Waals surface area (Å²) in [7, 11) is 0. The van der Waals surface area contributed by atoms with Crippen molar-refractivity contribution in [3.05, 3.63) is 28.8 Å². The van der Waals surface area contributed by atoms with Gasteiger partial charge in [0.2, 0.25) is 0 Å². The summed E-state index contributed by atoms with van der Waals surface area (Å²) in [4.78, 5) is 11.7. The molecule has 1 rings (SSSR count). The minimum absolute atomic E-state index is 0.492. The van der Waals surface area contributed by atoms with Crippen molar-refractivity contribution in [2.45, 2.75) is 45.6 Å². The van der Waals surface area contributed by atoms with Gasteiger partial charge in [0.25, 0.3) is 0 Å². The molecule has 0 spiro atoms. The molecule has 0 radical (unpaired) electrons. The fraction of sp³-hybridized carbons (Fsp3) is 0.467. The molecule has 5 heteroatoms. The highest BCUT2D eigenvalue weighted by Gasteiger charge is 2.24. The third-order valence-corrected chi connectivity index (χ3v) is 2.89. The molecule has 0 heterocycles. The van der Waals surface area contributed by atoms with Crippen molar-refractivity contribution in [1.82, 2.24) is 0 Å². The maximum Gasteiger partial charge on any atom is 0.412 e. The molecule has 4 nitrogen and oxygen atoms in total. The lowest BCUT2D eigenvalue weighted by molar-refractivity contribution is 0.0636. The zero-order chi connectivity index (χ0) is 15.6. The van der Waals surface area contributed by atoms with Gasteiger partial charge in [-0.1, -0.05) is 11.6 Å². The van der Waals surface area contributed by atoms with Crippen LogP contribution in [-0.4, -0.2) is 11.7 Å². The Morgan fingerprint density at radius 3 is 2.40 bits per heavy atom. The predicted molar refractivity (Wildman–Crippen MR) is 79.9 cm³/mol. The van der Waals surface area contributed by atoms with Crippen molar-refractivity contribution in [2.75, 3.05) is 5.32 Å². The zero-order valence-electron chi connectivity index (χ0n) is 12.4. The molecule has 0 atom stereocenters. The van der Waals surface area contributed by atoms with Gasteiger partial charge in [0.1, 0.15) is 5.60 Å². The van der Waals surface area contributed by atoms with Crippen LogP contribution in [0.5, 0.6) is 0 Å². The Hall–Kier alpha value is -1.73. The van der Waals surface area contributed by atoms with E-state index in [2.05, 4.69) is 11.4 Å². The molecule has 1 aromatic carbocycles. The number of nitriles is 1. The van der Waals surface area contributed by atoms with Crippen molar-refractivity contribution < 1.29 is 9.53 Å². The van der Waals surface area contributed by atoms with Crippen LogP contribution in [0.15, 0.2) is 18.2 Å². The topological polar surface area (TPSA) is 62.1 Å². The molecule has 1 amide bonds. The number of halogens is 1. The second kappa shape index (κ2) is 5.72. The van der Waals surface area contributed by atoms with E-state index in [0.717, 1.165) is 0 Å². The largest absolute Gasteiger partial charge is 0.444 e. The van der Waals surface area contributed by atoms with E-state index in [-0.39, 0.29) is 0 Å². The zero-order valence-corrected chi connectivity index (χ0v) is 13.1. The predicted octanol–water partition coefficient (Wildman–Crippen LogP) is 4.49. The van der Waals surface area contributed by atoms with E-state index in [0.29, 0.717) is 16.3 Å². The second-order valence-corrected chi connectivity index (χ2v) is 6.47. The molecular formula is C15H19ClN2O2. The average molecular weight is 295 g/mol. The highest BCUT2D eigenvalue weighted by atomic mass is 35.5. The molecule has 0 aromatic heterocycles. The first-order chi connectivity index (χ1) is 9.05. The molecule has 1 aromatic rings. The number of ether oxygens (including phenoxy) is 1. The maximum absolute atomic E-state index is 11.7. The van der Waals surface area contributed by atoms with Gasteiger partial charge >= 0.3 is 6.09 Å². The fourth-order valence-corrected chi connectivity index (χ4v) is 1.92. The van der Waals surface area contributed by atoms with Crippen LogP contribution in [0.25, 0.3) is 0 Å². The Morgan fingerprint density at radius 2 is 1.90 bits per heavy atom. The molecular weight excluding hydrogens is 276 g/mol. The molecule has 20 heavy (non-hydrogen) atoms. The van der Waals surface area contributed by atoms with Crippen LogP contribution in [0.1, 0.15) is 40.2 Å². The summed E-state index contributed by atoms with van der Waals surface area (Å²) in [6.07, 6.45) is -0.541. The van der Waals surface area contributed by atoms with Crippen molar-refractivity contribution >= 4 is 23.4 Å². The molecule has 0 bridgehead atoms. The molecule has 108 valence electrons. The summed E-state index contributed by atoms with van der Waals surface area (Å²) in [5, 5.41) is 12.3. The van der Waals surface area contributed by atoms with E-state index in [1.54, 1.807) is 52.8 Å². The van der Waals surface area contributed by atoms with Gasteiger partial charge in [-0.25, -0.2) is 4.79 Å². The van der Waals surface area contributed by atoms with Gasteiger partial charge in [0, 0.05) is 10.7 Å². The van der Waals surface area contributed by atoms with Gasteiger partial charge in [0.05, 0.1) is 11.5 Å². The van der Waals surface area contributed by atoms with Crippen molar-refractivity contribution in [3.8, 4) is 6.07 Å².